The lowest BCUT2D eigenvalue weighted by Crippen LogP contribution is -1.90. The van der Waals surface area contributed by atoms with Gasteiger partial charge in [-0.2, -0.15) is 0 Å². The first kappa shape index (κ1) is 18.9. The van der Waals surface area contributed by atoms with Crippen molar-refractivity contribution in [2.45, 2.75) is 0 Å². The summed E-state index contributed by atoms with van der Waals surface area (Å²) < 4.78 is 5.93. The summed E-state index contributed by atoms with van der Waals surface area (Å²) in [6, 6.07) is 38.3. The lowest BCUT2D eigenvalue weighted by molar-refractivity contribution is 0.654. The first-order valence-electron chi connectivity index (χ1n) is 11.4. The van der Waals surface area contributed by atoms with Crippen LogP contribution in [0, 0.1) is 0 Å². The molecule has 0 atom stereocenters. The number of fused-ring (bicyclic) bond motifs is 6. The van der Waals surface area contributed by atoms with Crippen LogP contribution in [0.15, 0.2) is 120 Å². The van der Waals surface area contributed by atoms with Gasteiger partial charge in [0, 0.05) is 34.4 Å². The summed E-state index contributed by atoms with van der Waals surface area (Å²) in [7, 11) is 0. The van der Waals surface area contributed by atoms with Crippen molar-refractivity contribution in [1.29, 1.82) is 0 Å². The largest absolute Gasteiger partial charge is 0.438 e. The standard InChI is InChI=1S/C31H20N2O/c1-2-7-24-21(6-1)18-29(26-9-4-3-8-25(24)26)20-11-13-22(14-12-20)33-23-15-16-27-28-10-5-17-32-31(28)34-30(27)19-23/h1-19,33H. The third-order valence-corrected chi connectivity index (χ3v) is 6.50. The molecule has 0 fully saturated rings. The number of aromatic nitrogens is 1. The SMILES string of the molecule is c1ccc2c(c1)cc(-c1ccc(Nc3ccc4c(c3)oc3ncccc34)cc1)c1ccccc12. The third-order valence-electron chi connectivity index (χ3n) is 6.50. The van der Waals surface area contributed by atoms with Gasteiger partial charge in [0.25, 0.3) is 0 Å². The van der Waals surface area contributed by atoms with Crippen LogP contribution < -0.4 is 5.32 Å². The highest BCUT2D eigenvalue weighted by atomic mass is 16.3. The average Bonchev–Trinajstić information content (AvgIpc) is 3.26. The lowest BCUT2D eigenvalue weighted by atomic mass is 9.93. The monoisotopic (exact) mass is 436 g/mol. The third kappa shape index (κ3) is 3.02. The van der Waals surface area contributed by atoms with Crippen LogP contribution in [0.4, 0.5) is 11.4 Å². The number of hydrogen-bond acceptors (Lipinski definition) is 3. The van der Waals surface area contributed by atoms with Gasteiger partial charge in [0.1, 0.15) is 5.58 Å². The topological polar surface area (TPSA) is 38.1 Å². The zero-order chi connectivity index (χ0) is 22.5. The number of rotatable bonds is 3. The molecule has 0 saturated carbocycles. The van der Waals surface area contributed by atoms with E-state index >= 15 is 0 Å². The molecule has 1 N–H and O–H groups in total. The minimum atomic E-state index is 0.668. The van der Waals surface area contributed by atoms with Crippen molar-refractivity contribution in [2.24, 2.45) is 0 Å². The van der Waals surface area contributed by atoms with E-state index in [1.165, 1.54) is 32.7 Å². The van der Waals surface area contributed by atoms with E-state index in [0.29, 0.717) is 5.71 Å². The van der Waals surface area contributed by atoms with Gasteiger partial charge in [-0.3, -0.25) is 0 Å². The number of nitrogens with zero attached hydrogens (tertiary/aromatic N) is 1. The quantitative estimate of drug-likeness (QED) is 0.282. The molecule has 160 valence electrons. The Hall–Kier alpha value is -4.63. The van der Waals surface area contributed by atoms with Crippen molar-refractivity contribution in [2.75, 3.05) is 5.32 Å². The highest BCUT2D eigenvalue weighted by Crippen LogP contribution is 2.36. The fourth-order valence-electron chi connectivity index (χ4n) is 4.88. The summed E-state index contributed by atoms with van der Waals surface area (Å²) in [5.74, 6) is 0. The molecule has 2 heterocycles. The van der Waals surface area contributed by atoms with E-state index in [9.17, 15) is 0 Å². The molecule has 5 aromatic carbocycles. The summed E-state index contributed by atoms with van der Waals surface area (Å²) >= 11 is 0. The highest BCUT2D eigenvalue weighted by Gasteiger charge is 2.10. The molecule has 7 aromatic rings. The minimum Gasteiger partial charge on any atom is -0.438 e. The van der Waals surface area contributed by atoms with Crippen molar-refractivity contribution in [3.63, 3.8) is 0 Å². The predicted octanol–water partition coefficient (Wildman–Crippen LogP) is 8.70. The first-order valence-corrected chi connectivity index (χ1v) is 11.4. The Morgan fingerprint density at radius 1 is 0.559 bits per heavy atom. The van der Waals surface area contributed by atoms with E-state index in [1.807, 2.05) is 18.2 Å². The summed E-state index contributed by atoms with van der Waals surface area (Å²) in [5.41, 5.74) is 5.96. The van der Waals surface area contributed by atoms with Crippen molar-refractivity contribution >= 4 is 55.0 Å². The van der Waals surface area contributed by atoms with Crippen LogP contribution in [-0.4, -0.2) is 4.98 Å². The second kappa shape index (κ2) is 7.46. The molecular formula is C31H20N2O. The maximum absolute atomic E-state index is 5.93. The molecule has 2 aromatic heterocycles. The van der Waals surface area contributed by atoms with E-state index in [4.69, 9.17) is 4.42 Å². The van der Waals surface area contributed by atoms with Gasteiger partial charge in [0.2, 0.25) is 5.71 Å². The maximum atomic E-state index is 5.93. The molecule has 0 aliphatic rings. The number of nitrogens with one attached hydrogen (secondary N) is 1. The molecule has 0 unspecified atom stereocenters. The van der Waals surface area contributed by atoms with Gasteiger partial charge in [0.15, 0.2) is 0 Å². The fourth-order valence-corrected chi connectivity index (χ4v) is 4.88. The number of hydrogen-bond donors (Lipinski definition) is 1. The van der Waals surface area contributed by atoms with Crippen LogP contribution in [-0.2, 0) is 0 Å². The van der Waals surface area contributed by atoms with E-state index in [0.717, 1.165) is 27.7 Å². The molecule has 0 bridgehead atoms. The van der Waals surface area contributed by atoms with Crippen LogP contribution in [0.5, 0.6) is 0 Å². The average molecular weight is 437 g/mol. The normalized spacial score (nSPS) is 11.5. The molecule has 0 radical (unpaired) electrons. The molecule has 0 amide bonds. The van der Waals surface area contributed by atoms with Crippen molar-refractivity contribution < 1.29 is 4.42 Å². The lowest BCUT2D eigenvalue weighted by Gasteiger charge is -2.12. The summed E-state index contributed by atoms with van der Waals surface area (Å²) in [5, 5.41) is 10.7. The highest BCUT2D eigenvalue weighted by molar-refractivity contribution is 6.13. The number of pyridine rings is 1. The second-order valence-corrected chi connectivity index (χ2v) is 8.56. The second-order valence-electron chi connectivity index (χ2n) is 8.56. The van der Waals surface area contributed by atoms with Gasteiger partial charge < -0.3 is 9.73 Å². The predicted molar refractivity (Wildman–Crippen MR) is 142 cm³/mol. The van der Waals surface area contributed by atoms with Gasteiger partial charge in [-0.15, -0.1) is 0 Å². The summed E-state index contributed by atoms with van der Waals surface area (Å²) in [4.78, 5) is 4.32. The van der Waals surface area contributed by atoms with Crippen molar-refractivity contribution in [3.8, 4) is 11.1 Å². The molecule has 7 rings (SSSR count). The maximum Gasteiger partial charge on any atom is 0.227 e. The van der Waals surface area contributed by atoms with Crippen LogP contribution in [0.2, 0.25) is 0 Å². The Morgan fingerprint density at radius 2 is 1.29 bits per heavy atom. The molecule has 0 aliphatic carbocycles. The van der Waals surface area contributed by atoms with E-state index in [2.05, 4.69) is 101 Å². The summed E-state index contributed by atoms with van der Waals surface area (Å²) in [6.07, 6.45) is 1.75. The Kier molecular flexibility index (Phi) is 4.15. The molecule has 34 heavy (non-hydrogen) atoms. The van der Waals surface area contributed by atoms with Crippen LogP contribution in [0.3, 0.4) is 0 Å². The Balaban J connectivity index is 1.25. The molecule has 3 nitrogen and oxygen atoms in total. The molecule has 0 spiro atoms. The zero-order valence-electron chi connectivity index (χ0n) is 18.3. The van der Waals surface area contributed by atoms with E-state index in [-0.39, 0.29) is 0 Å². The molecule has 0 saturated heterocycles. The van der Waals surface area contributed by atoms with Gasteiger partial charge in [-0.1, -0.05) is 60.7 Å². The minimum absolute atomic E-state index is 0.668. The van der Waals surface area contributed by atoms with Gasteiger partial charge in [-0.05, 0) is 75.1 Å². The van der Waals surface area contributed by atoms with E-state index in [1.54, 1.807) is 6.20 Å². The number of anilines is 2. The van der Waals surface area contributed by atoms with Gasteiger partial charge in [-0.25, -0.2) is 4.98 Å². The molecule has 0 aliphatic heterocycles. The van der Waals surface area contributed by atoms with Crippen LogP contribution in [0.25, 0.3) is 54.7 Å². The van der Waals surface area contributed by atoms with E-state index < -0.39 is 0 Å². The Labute approximate surface area is 196 Å². The summed E-state index contributed by atoms with van der Waals surface area (Å²) in [6.45, 7) is 0. The van der Waals surface area contributed by atoms with Crippen LogP contribution in [0.1, 0.15) is 0 Å². The zero-order valence-corrected chi connectivity index (χ0v) is 18.3. The molecule has 3 heteroatoms. The van der Waals surface area contributed by atoms with Crippen molar-refractivity contribution in [1.82, 2.24) is 4.98 Å². The number of furan rings is 1. The molecular weight excluding hydrogens is 416 g/mol. The van der Waals surface area contributed by atoms with Gasteiger partial charge in [0.05, 0.1) is 0 Å². The number of benzene rings is 5. The Bertz CT molecular complexity index is 1830. The van der Waals surface area contributed by atoms with Gasteiger partial charge >= 0.3 is 0 Å². The smallest absolute Gasteiger partial charge is 0.227 e. The first-order chi connectivity index (χ1) is 16.8. The Morgan fingerprint density at radius 3 is 2.18 bits per heavy atom. The van der Waals surface area contributed by atoms with Crippen LogP contribution >= 0.6 is 0 Å². The van der Waals surface area contributed by atoms with Crippen molar-refractivity contribution in [3.05, 3.63) is 115 Å². The fraction of sp³-hybridized carbons (Fsp3) is 0.